The molecule has 0 bridgehead atoms. The first-order valence-corrected chi connectivity index (χ1v) is 4.87. The molecule has 3 nitrogen and oxygen atoms in total. The maximum atomic E-state index is 11.0. The molecule has 0 fully saturated rings. The smallest absolute Gasteiger partial charge is 0.305 e. The Morgan fingerprint density at radius 1 is 1.23 bits per heavy atom. The highest BCUT2D eigenvalue weighted by Gasteiger charge is 2.00. The van der Waals surface area contributed by atoms with E-state index in [1.807, 2.05) is 0 Å². The number of hydrogen-bond acceptors (Lipinski definition) is 3. The quantitative estimate of drug-likeness (QED) is 0.464. The number of aliphatic hydroxyl groups excluding tert-OH is 1. The van der Waals surface area contributed by atoms with Crippen molar-refractivity contribution in [3.63, 3.8) is 0 Å². The van der Waals surface area contributed by atoms with Crippen LogP contribution in [0.1, 0.15) is 38.5 Å². The number of hydrogen-bond donors (Lipinski definition) is 1. The van der Waals surface area contributed by atoms with Gasteiger partial charge in [-0.1, -0.05) is 19.8 Å². The van der Waals surface area contributed by atoms with Gasteiger partial charge >= 0.3 is 5.97 Å². The van der Waals surface area contributed by atoms with Crippen LogP contribution < -0.4 is 0 Å². The van der Waals surface area contributed by atoms with E-state index in [4.69, 9.17) is 9.84 Å². The van der Waals surface area contributed by atoms with Crippen LogP contribution in [0.4, 0.5) is 0 Å². The number of ether oxygens (including phenoxy) is 1. The van der Waals surface area contributed by atoms with Crippen molar-refractivity contribution < 1.29 is 14.6 Å². The molecule has 0 aliphatic rings. The summed E-state index contributed by atoms with van der Waals surface area (Å²) in [5.74, 6) is -0.133. The molecule has 77 valence electrons. The van der Waals surface area contributed by atoms with E-state index in [1.165, 1.54) is 0 Å². The van der Waals surface area contributed by atoms with Crippen LogP contribution in [-0.4, -0.2) is 24.3 Å². The van der Waals surface area contributed by atoms with Gasteiger partial charge in [0.1, 0.15) is 0 Å². The maximum absolute atomic E-state index is 11.0. The van der Waals surface area contributed by atoms with Gasteiger partial charge < -0.3 is 9.84 Å². The summed E-state index contributed by atoms with van der Waals surface area (Å²) < 4.78 is 4.92. The molecule has 0 unspecified atom stereocenters. The van der Waals surface area contributed by atoms with Crippen LogP contribution >= 0.6 is 0 Å². The molecule has 1 radical (unpaired) electrons. The van der Waals surface area contributed by atoms with E-state index in [9.17, 15) is 4.79 Å². The molecular weight excluding hydrogens is 168 g/mol. The lowest BCUT2D eigenvalue weighted by Gasteiger charge is -2.02. The standard InChI is InChI=1S/C10H19O3/c1-2-3-9-13-10(12)7-5-4-6-8-11/h11H,1-9H2. The number of carbonyl (C=O) groups excluding carboxylic acids is 1. The van der Waals surface area contributed by atoms with Gasteiger partial charge in [0.25, 0.3) is 0 Å². The highest BCUT2D eigenvalue weighted by atomic mass is 16.5. The zero-order chi connectivity index (χ0) is 9.94. The molecule has 0 atom stereocenters. The molecule has 0 heterocycles. The first kappa shape index (κ1) is 12.4. The van der Waals surface area contributed by atoms with Crippen molar-refractivity contribution in [2.75, 3.05) is 13.2 Å². The van der Waals surface area contributed by atoms with Gasteiger partial charge in [-0.2, -0.15) is 0 Å². The third-order valence-electron chi connectivity index (χ3n) is 1.70. The summed E-state index contributed by atoms with van der Waals surface area (Å²) in [7, 11) is 0. The Morgan fingerprint density at radius 3 is 2.62 bits per heavy atom. The van der Waals surface area contributed by atoms with E-state index in [0.717, 1.165) is 32.1 Å². The average molecular weight is 187 g/mol. The number of esters is 1. The van der Waals surface area contributed by atoms with Crippen LogP contribution in [0.15, 0.2) is 0 Å². The Morgan fingerprint density at radius 2 is 2.00 bits per heavy atom. The SMILES string of the molecule is [CH2]CCCOC(=O)CCCCCO. The molecule has 3 heteroatoms. The largest absolute Gasteiger partial charge is 0.466 e. The number of unbranched alkanes of at least 4 members (excludes halogenated alkanes) is 3. The van der Waals surface area contributed by atoms with Crippen molar-refractivity contribution in [2.45, 2.75) is 38.5 Å². The first-order valence-electron chi connectivity index (χ1n) is 4.87. The predicted octanol–water partition coefficient (Wildman–Crippen LogP) is 1.70. The molecule has 0 aromatic heterocycles. The van der Waals surface area contributed by atoms with Gasteiger partial charge in [0.15, 0.2) is 0 Å². The molecule has 0 saturated carbocycles. The Labute approximate surface area is 80.1 Å². The van der Waals surface area contributed by atoms with Crippen LogP contribution in [0.25, 0.3) is 0 Å². The lowest BCUT2D eigenvalue weighted by Crippen LogP contribution is -2.05. The molecule has 0 aromatic rings. The molecule has 0 spiro atoms. The van der Waals surface area contributed by atoms with E-state index in [0.29, 0.717) is 13.0 Å². The minimum Gasteiger partial charge on any atom is -0.466 e. The molecule has 0 saturated heterocycles. The van der Waals surface area contributed by atoms with Crippen molar-refractivity contribution >= 4 is 5.97 Å². The van der Waals surface area contributed by atoms with Crippen molar-refractivity contribution in [3.05, 3.63) is 6.92 Å². The second-order valence-electron chi connectivity index (χ2n) is 2.96. The lowest BCUT2D eigenvalue weighted by molar-refractivity contribution is -0.143. The summed E-state index contributed by atoms with van der Waals surface area (Å²) in [5, 5.41) is 8.48. The average Bonchev–Trinajstić information content (AvgIpc) is 2.13. The van der Waals surface area contributed by atoms with Crippen LogP contribution in [0.5, 0.6) is 0 Å². The van der Waals surface area contributed by atoms with Crippen LogP contribution in [0.3, 0.4) is 0 Å². The van der Waals surface area contributed by atoms with Gasteiger partial charge in [-0.15, -0.1) is 0 Å². The highest BCUT2D eigenvalue weighted by Crippen LogP contribution is 2.01. The van der Waals surface area contributed by atoms with Gasteiger partial charge in [0.2, 0.25) is 0 Å². The zero-order valence-electron chi connectivity index (χ0n) is 8.13. The van der Waals surface area contributed by atoms with Crippen molar-refractivity contribution in [3.8, 4) is 0 Å². The predicted molar refractivity (Wildman–Crippen MR) is 51.1 cm³/mol. The third-order valence-corrected chi connectivity index (χ3v) is 1.70. The normalized spacial score (nSPS) is 10.0. The van der Waals surface area contributed by atoms with Crippen molar-refractivity contribution in [2.24, 2.45) is 0 Å². The summed E-state index contributed by atoms with van der Waals surface area (Å²) in [6.45, 7) is 4.34. The maximum Gasteiger partial charge on any atom is 0.305 e. The fourth-order valence-electron chi connectivity index (χ4n) is 0.918. The van der Waals surface area contributed by atoms with Crippen molar-refractivity contribution in [1.29, 1.82) is 0 Å². The lowest BCUT2D eigenvalue weighted by atomic mass is 10.2. The van der Waals surface area contributed by atoms with E-state index < -0.39 is 0 Å². The van der Waals surface area contributed by atoms with E-state index in [1.54, 1.807) is 0 Å². The van der Waals surface area contributed by atoms with Gasteiger partial charge in [0, 0.05) is 13.0 Å². The van der Waals surface area contributed by atoms with E-state index >= 15 is 0 Å². The fraction of sp³-hybridized carbons (Fsp3) is 0.800. The van der Waals surface area contributed by atoms with Gasteiger partial charge in [-0.05, 0) is 19.3 Å². The van der Waals surface area contributed by atoms with Crippen molar-refractivity contribution in [1.82, 2.24) is 0 Å². The molecule has 0 amide bonds. The molecule has 0 rings (SSSR count). The van der Waals surface area contributed by atoms with Gasteiger partial charge in [-0.3, -0.25) is 4.79 Å². The fourth-order valence-corrected chi connectivity index (χ4v) is 0.918. The van der Waals surface area contributed by atoms with Crippen LogP contribution in [-0.2, 0) is 9.53 Å². The summed E-state index contributed by atoms with van der Waals surface area (Å²) >= 11 is 0. The van der Waals surface area contributed by atoms with E-state index in [2.05, 4.69) is 6.92 Å². The molecule has 0 aliphatic carbocycles. The molecule has 13 heavy (non-hydrogen) atoms. The summed E-state index contributed by atoms with van der Waals surface area (Å²) in [5.41, 5.74) is 0. The summed E-state index contributed by atoms with van der Waals surface area (Å²) in [6, 6.07) is 0. The minimum atomic E-state index is -0.133. The van der Waals surface area contributed by atoms with Crippen LogP contribution in [0, 0.1) is 6.92 Å². The summed E-state index contributed by atoms with van der Waals surface area (Å²) in [4.78, 5) is 11.0. The summed E-state index contributed by atoms with van der Waals surface area (Å²) in [6.07, 6.45) is 4.58. The number of rotatable bonds is 8. The number of carbonyl (C=O) groups is 1. The Balaban J connectivity index is 3.11. The van der Waals surface area contributed by atoms with Gasteiger partial charge in [-0.25, -0.2) is 0 Å². The zero-order valence-corrected chi connectivity index (χ0v) is 8.13. The monoisotopic (exact) mass is 187 g/mol. The Bertz CT molecular complexity index is 123. The molecule has 0 aliphatic heterocycles. The first-order chi connectivity index (χ1) is 6.31. The number of aliphatic hydroxyl groups is 1. The Hall–Kier alpha value is -0.570. The minimum absolute atomic E-state index is 0.133. The highest BCUT2D eigenvalue weighted by molar-refractivity contribution is 5.69. The van der Waals surface area contributed by atoms with Gasteiger partial charge in [0.05, 0.1) is 6.61 Å². The molecular formula is C10H19O3. The van der Waals surface area contributed by atoms with Crippen LogP contribution in [0.2, 0.25) is 0 Å². The molecule has 1 N–H and O–H groups in total. The Kier molecular flexibility index (Phi) is 9.10. The topological polar surface area (TPSA) is 46.5 Å². The second-order valence-corrected chi connectivity index (χ2v) is 2.96. The second kappa shape index (κ2) is 9.52. The molecule has 0 aromatic carbocycles. The third kappa shape index (κ3) is 9.34. The van der Waals surface area contributed by atoms with E-state index in [-0.39, 0.29) is 12.6 Å².